The Balaban J connectivity index is 2.70. The average Bonchev–Trinajstić information content (AvgIpc) is 2.59. The Morgan fingerprint density at radius 1 is 1.91 bits per heavy atom. The van der Waals surface area contributed by atoms with Crippen molar-refractivity contribution in [3.05, 3.63) is 20.7 Å². The summed E-state index contributed by atoms with van der Waals surface area (Å²) in [6.07, 6.45) is -5.89. The Morgan fingerprint density at radius 3 is 3.36 bits per heavy atom. The van der Waals surface area contributed by atoms with Gasteiger partial charge in [-0.2, -0.15) is 0 Å². The fourth-order valence-corrected chi connectivity index (χ4v) is 1.86. The molecule has 1 aliphatic heterocycles. The minimum absolute atomic E-state index is 0.217. The van der Waals surface area contributed by atoms with Gasteiger partial charge in [0.1, 0.15) is 0 Å². The van der Waals surface area contributed by atoms with Crippen LogP contribution in [0.15, 0.2) is 15.9 Å². The van der Waals surface area contributed by atoms with Gasteiger partial charge in [0.05, 0.1) is 7.90 Å². The summed E-state index contributed by atoms with van der Waals surface area (Å²) in [5.74, 6) is 0. The van der Waals surface area contributed by atoms with Gasteiger partial charge in [-0.25, -0.2) is 0 Å². The Bertz CT molecular complexity index is 571. The van der Waals surface area contributed by atoms with Crippen LogP contribution in [-0.4, -0.2) is 6.50 Å². The highest BCUT2D eigenvalue weighted by Gasteiger charge is 2.16. The predicted octanol–water partition coefficient (Wildman–Crippen LogP) is 2.94. The third kappa shape index (κ3) is 1.66. The number of nitrogens with one attached hydrogen (secondary N) is 1. The summed E-state index contributed by atoms with van der Waals surface area (Å²) in [7, 11) is 0. The van der Waals surface area contributed by atoms with Crippen LogP contribution >= 0.6 is 27.3 Å². The first-order valence-electron chi connectivity index (χ1n) is 7.35. The summed E-state index contributed by atoms with van der Waals surface area (Å²) in [6, 6.07) is -3.13. The molecular weight excluding hydrogens is 222 g/mol. The van der Waals surface area contributed by atoms with Gasteiger partial charge in [0.25, 0.3) is 0 Å². The van der Waals surface area contributed by atoms with E-state index in [0.29, 0.717) is 0 Å². The van der Waals surface area contributed by atoms with Crippen LogP contribution in [-0.2, 0) is 0 Å². The van der Waals surface area contributed by atoms with Gasteiger partial charge >= 0.3 is 0 Å². The van der Waals surface area contributed by atoms with Crippen molar-refractivity contribution in [3.63, 3.8) is 0 Å². The van der Waals surface area contributed by atoms with Gasteiger partial charge in [-0.05, 0) is 47.3 Å². The van der Waals surface area contributed by atoms with Crippen LogP contribution in [0.2, 0.25) is 0 Å². The average molecular weight is 241 g/mol. The van der Waals surface area contributed by atoms with E-state index in [2.05, 4.69) is 15.9 Å². The molecule has 1 fully saturated rings. The molecule has 1 nitrogen and oxygen atoms in total. The largest absolute Gasteiger partial charge is 0.309 e. The molecule has 0 radical (unpaired) electrons. The fraction of sp³-hybridized carbons (Fsp3) is 0.500. The quantitative estimate of drug-likeness (QED) is 0.797. The van der Waals surface area contributed by atoms with Crippen molar-refractivity contribution >= 4 is 27.3 Å². The molecule has 11 heavy (non-hydrogen) atoms. The molecule has 1 atom stereocenters. The molecule has 1 aromatic rings. The standard InChI is InChI=1S/C8H10BrNS/c9-8-4-3-7(11-8)6-2-1-5-10-6/h3-4,6,10H,1-2,5H2/i1D2,2D2,3D,4D,5D2,6D. The summed E-state index contributed by atoms with van der Waals surface area (Å²) in [4.78, 5) is -0.232. The highest BCUT2D eigenvalue weighted by molar-refractivity contribution is 9.11. The van der Waals surface area contributed by atoms with Crippen LogP contribution in [0.3, 0.4) is 0 Å². The number of hydrogen-bond acceptors (Lipinski definition) is 2. The van der Waals surface area contributed by atoms with Gasteiger partial charge in [-0.15, -0.1) is 11.3 Å². The molecule has 0 aliphatic carbocycles. The Kier molecular flexibility index (Phi) is 0.758. The minimum Gasteiger partial charge on any atom is -0.309 e. The predicted molar refractivity (Wildman–Crippen MR) is 52.0 cm³/mol. The first-order valence-corrected chi connectivity index (χ1v) is 4.46. The maximum atomic E-state index is 8.21. The maximum absolute atomic E-state index is 8.21. The van der Waals surface area contributed by atoms with Crippen molar-refractivity contribution in [1.29, 1.82) is 0 Å². The topological polar surface area (TPSA) is 12.0 Å². The van der Waals surface area contributed by atoms with Crippen molar-refractivity contribution in [3.8, 4) is 0 Å². The van der Waals surface area contributed by atoms with Gasteiger partial charge in [0.15, 0.2) is 0 Å². The maximum Gasteiger partial charge on any atom is 0.0701 e. The van der Waals surface area contributed by atoms with Crippen LogP contribution < -0.4 is 5.32 Å². The highest BCUT2D eigenvalue weighted by atomic mass is 79.9. The summed E-state index contributed by atoms with van der Waals surface area (Å²) in [5.41, 5.74) is 0. The Morgan fingerprint density at radius 2 is 2.82 bits per heavy atom. The third-order valence-electron chi connectivity index (χ3n) is 1.13. The summed E-state index contributed by atoms with van der Waals surface area (Å²) < 4.78 is 70.0. The molecule has 0 aromatic carbocycles. The molecule has 2 rings (SSSR count). The lowest BCUT2D eigenvalue weighted by atomic mass is 10.2. The number of thiophene rings is 1. The zero-order chi connectivity index (χ0) is 15.7. The lowest BCUT2D eigenvalue weighted by Crippen LogP contribution is -2.11. The second-order valence-electron chi connectivity index (χ2n) is 1.83. The summed E-state index contributed by atoms with van der Waals surface area (Å²) in [5, 5.41) is 2.02. The molecule has 1 aromatic heterocycles. The van der Waals surface area contributed by atoms with Crippen LogP contribution in [0.1, 0.15) is 36.0 Å². The van der Waals surface area contributed by atoms with Gasteiger partial charge in [-0.1, -0.05) is 0 Å². The second-order valence-corrected chi connectivity index (χ2v) is 4.17. The van der Waals surface area contributed by atoms with Gasteiger partial charge < -0.3 is 5.32 Å². The van der Waals surface area contributed by atoms with E-state index >= 15 is 0 Å². The first-order chi connectivity index (χ1) is 8.79. The van der Waals surface area contributed by atoms with E-state index in [4.69, 9.17) is 12.3 Å². The highest BCUT2D eigenvalue weighted by Crippen LogP contribution is 2.31. The zero-order valence-corrected chi connectivity index (χ0v) is 7.69. The van der Waals surface area contributed by atoms with E-state index in [-0.39, 0.29) is 14.7 Å². The van der Waals surface area contributed by atoms with Gasteiger partial charge in [-0.3, -0.25) is 0 Å². The van der Waals surface area contributed by atoms with Crippen LogP contribution in [0.5, 0.6) is 0 Å². The SMILES string of the molecule is [2H]c1c(Br)sc(C2([2H])NC([2H])([2H])C([2H])([2H])C2([2H])[2H])c1[2H]. The molecule has 60 valence electrons. The first kappa shape index (κ1) is 2.56. The van der Waals surface area contributed by atoms with Crippen molar-refractivity contribution in [2.24, 2.45) is 0 Å². The van der Waals surface area contributed by atoms with Gasteiger partial charge in [0.2, 0.25) is 0 Å². The fourth-order valence-electron chi connectivity index (χ4n) is 0.692. The second kappa shape index (κ2) is 3.25. The van der Waals surface area contributed by atoms with E-state index in [9.17, 15) is 0 Å². The molecule has 1 N–H and O–H groups in total. The zero-order valence-electron chi connectivity index (χ0n) is 14.3. The van der Waals surface area contributed by atoms with E-state index in [0.717, 1.165) is 11.3 Å². The van der Waals surface area contributed by atoms with Gasteiger partial charge in [0, 0.05) is 19.1 Å². The Labute approximate surface area is 91.6 Å². The smallest absolute Gasteiger partial charge is 0.0701 e. The molecule has 0 amide bonds. The number of rotatable bonds is 1. The number of halogens is 1. The van der Waals surface area contributed by atoms with Crippen molar-refractivity contribution in [2.45, 2.75) is 18.8 Å². The lowest BCUT2D eigenvalue weighted by Gasteiger charge is -2.05. The minimum atomic E-state index is -2.97. The molecule has 0 bridgehead atoms. The molecular formula is C8H10BrNS. The summed E-state index contributed by atoms with van der Waals surface area (Å²) in [6.45, 7) is -2.77. The third-order valence-corrected chi connectivity index (χ3v) is 2.61. The molecule has 2 heterocycles. The van der Waals surface area contributed by atoms with Crippen LogP contribution in [0, 0.1) is 0 Å². The van der Waals surface area contributed by atoms with E-state index < -0.39 is 31.3 Å². The molecule has 1 saturated heterocycles. The molecule has 1 aliphatic rings. The van der Waals surface area contributed by atoms with E-state index in [1.165, 1.54) is 0 Å². The lowest BCUT2D eigenvalue weighted by molar-refractivity contribution is 0.660. The normalized spacial score (nSPS) is 56.6. The molecule has 0 spiro atoms. The summed E-state index contributed by atoms with van der Waals surface area (Å²) >= 11 is 3.78. The molecule has 3 heteroatoms. The van der Waals surface area contributed by atoms with Crippen molar-refractivity contribution in [2.75, 3.05) is 6.50 Å². The molecule has 1 unspecified atom stereocenters. The monoisotopic (exact) mass is 240 g/mol. The van der Waals surface area contributed by atoms with Crippen molar-refractivity contribution < 1.29 is 12.3 Å². The van der Waals surface area contributed by atoms with Crippen LogP contribution in [0.4, 0.5) is 0 Å². The van der Waals surface area contributed by atoms with E-state index in [1.54, 1.807) is 0 Å². The van der Waals surface area contributed by atoms with Crippen LogP contribution in [0.25, 0.3) is 0 Å². The Hall–Kier alpha value is 0.140. The number of hydrogen-bond donors (Lipinski definition) is 1. The van der Waals surface area contributed by atoms with Crippen molar-refractivity contribution in [1.82, 2.24) is 5.32 Å². The molecule has 0 saturated carbocycles. The van der Waals surface area contributed by atoms with E-state index in [1.807, 2.05) is 5.32 Å².